The van der Waals surface area contributed by atoms with Crippen molar-refractivity contribution in [3.63, 3.8) is 0 Å². The second-order valence-electron chi connectivity index (χ2n) is 3.38. The number of hydrogen-bond donors (Lipinski definition) is 1. The summed E-state index contributed by atoms with van der Waals surface area (Å²) in [6, 6.07) is 3.49. The Kier molecular flexibility index (Phi) is 4.24. The molecule has 1 N–H and O–H groups in total. The monoisotopic (exact) mass is 208 g/mol. The van der Waals surface area contributed by atoms with Crippen LogP contribution in [0.5, 0.6) is 5.75 Å². The van der Waals surface area contributed by atoms with Crippen molar-refractivity contribution in [1.29, 1.82) is 0 Å². The molecule has 1 rings (SSSR count). The summed E-state index contributed by atoms with van der Waals surface area (Å²) in [5.41, 5.74) is 0.405. The molecule has 1 atom stereocenters. The zero-order valence-corrected chi connectivity index (χ0v) is 9.28. The van der Waals surface area contributed by atoms with Crippen LogP contribution in [-0.2, 0) is 0 Å². The van der Waals surface area contributed by atoms with E-state index in [1.807, 2.05) is 14.0 Å². The summed E-state index contributed by atoms with van der Waals surface area (Å²) in [4.78, 5) is 16.0. The van der Waals surface area contributed by atoms with Crippen LogP contribution in [-0.4, -0.2) is 31.5 Å². The fourth-order valence-electron chi connectivity index (χ4n) is 1.37. The molecule has 0 aliphatic heterocycles. The second kappa shape index (κ2) is 5.46. The number of pyridine rings is 1. The van der Waals surface area contributed by atoms with E-state index in [4.69, 9.17) is 4.74 Å². The molecule has 82 valence electrons. The van der Waals surface area contributed by atoms with Gasteiger partial charge in [0.1, 0.15) is 11.4 Å². The van der Waals surface area contributed by atoms with Crippen LogP contribution in [0.3, 0.4) is 0 Å². The largest absolute Gasteiger partial charge is 0.494 e. The van der Waals surface area contributed by atoms with E-state index in [9.17, 15) is 4.79 Å². The molecular formula is C11H16N2O2. The van der Waals surface area contributed by atoms with Gasteiger partial charge in [-0.15, -0.1) is 0 Å². The maximum absolute atomic E-state index is 11.9. The number of rotatable bonds is 5. The van der Waals surface area contributed by atoms with Gasteiger partial charge < -0.3 is 10.1 Å². The average molecular weight is 208 g/mol. The standard InChI is InChI=1S/C11H16N2O2/c1-8(7-12-2)11(14)10-9(15-3)5-4-6-13-10/h4-6,8,12H,7H2,1-3H3. The van der Waals surface area contributed by atoms with Gasteiger partial charge in [0.2, 0.25) is 0 Å². The van der Waals surface area contributed by atoms with Gasteiger partial charge in [-0.3, -0.25) is 4.79 Å². The third kappa shape index (κ3) is 2.76. The summed E-state index contributed by atoms with van der Waals surface area (Å²) in [7, 11) is 3.36. The van der Waals surface area contributed by atoms with E-state index in [1.165, 1.54) is 7.11 Å². The van der Waals surface area contributed by atoms with Crippen LogP contribution in [0.15, 0.2) is 18.3 Å². The first-order valence-electron chi connectivity index (χ1n) is 4.88. The number of ether oxygens (including phenoxy) is 1. The summed E-state index contributed by atoms with van der Waals surface area (Å²) >= 11 is 0. The molecule has 0 saturated carbocycles. The predicted molar refractivity (Wildman–Crippen MR) is 58.2 cm³/mol. The molecule has 1 aromatic rings. The summed E-state index contributed by atoms with van der Waals surface area (Å²) in [5, 5.41) is 2.97. The Balaban J connectivity index is 2.90. The number of hydrogen-bond acceptors (Lipinski definition) is 4. The van der Waals surface area contributed by atoms with E-state index in [-0.39, 0.29) is 11.7 Å². The Morgan fingerprint density at radius 1 is 1.67 bits per heavy atom. The van der Waals surface area contributed by atoms with Crippen molar-refractivity contribution >= 4 is 5.78 Å². The highest BCUT2D eigenvalue weighted by Gasteiger charge is 2.19. The van der Waals surface area contributed by atoms with Crippen LogP contribution in [0, 0.1) is 5.92 Å². The Labute approximate surface area is 89.7 Å². The lowest BCUT2D eigenvalue weighted by molar-refractivity contribution is 0.0921. The van der Waals surface area contributed by atoms with Crippen LogP contribution in [0.4, 0.5) is 0 Å². The Morgan fingerprint density at radius 3 is 3.00 bits per heavy atom. The predicted octanol–water partition coefficient (Wildman–Crippen LogP) is 1.13. The summed E-state index contributed by atoms with van der Waals surface area (Å²) in [6.07, 6.45) is 1.60. The normalized spacial score (nSPS) is 12.2. The highest BCUT2D eigenvalue weighted by atomic mass is 16.5. The summed E-state index contributed by atoms with van der Waals surface area (Å²) < 4.78 is 5.09. The Hall–Kier alpha value is -1.42. The lowest BCUT2D eigenvalue weighted by atomic mass is 10.0. The molecular weight excluding hydrogens is 192 g/mol. The van der Waals surface area contributed by atoms with Gasteiger partial charge in [0, 0.05) is 18.7 Å². The number of aromatic nitrogens is 1. The number of nitrogens with one attached hydrogen (secondary N) is 1. The maximum atomic E-state index is 11.9. The molecule has 0 aromatic carbocycles. The molecule has 1 heterocycles. The second-order valence-corrected chi connectivity index (χ2v) is 3.38. The topological polar surface area (TPSA) is 51.2 Å². The lowest BCUT2D eigenvalue weighted by Crippen LogP contribution is -2.24. The van der Waals surface area contributed by atoms with Crippen LogP contribution >= 0.6 is 0 Å². The van der Waals surface area contributed by atoms with Gasteiger partial charge in [-0.1, -0.05) is 6.92 Å². The molecule has 4 heteroatoms. The van der Waals surface area contributed by atoms with Crippen LogP contribution in [0.2, 0.25) is 0 Å². The molecule has 0 fully saturated rings. The SMILES string of the molecule is CNCC(C)C(=O)c1ncccc1OC. The zero-order chi connectivity index (χ0) is 11.3. The minimum absolute atomic E-state index is 0.00167. The quantitative estimate of drug-likeness (QED) is 0.737. The van der Waals surface area contributed by atoms with Gasteiger partial charge in [-0.2, -0.15) is 0 Å². The van der Waals surface area contributed by atoms with E-state index in [0.717, 1.165) is 0 Å². The first-order chi connectivity index (χ1) is 7.20. The van der Waals surface area contributed by atoms with Gasteiger partial charge in [0.25, 0.3) is 0 Å². The smallest absolute Gasteiger partial charge is 0.189 e. The fraction of sp³-hybridized carbons (Fsp3) is 0.455. The van der Waals surface area contributed by atoms with Gasteiger partial charge in [-0.05, 0) is 19.2 Å². The van der Waals surface area contributed by atoms with Crippen molar-refractivity contribution in [2.45, 2.75) is 6.92 Å². The van der Waals surface area contributed by atoms with Gasteiger partial charge >= 0.3 is 0 Å². The first-order valence-corrected chi connectivity index (χ1v) is 4.88. The van der Waals surface area contributed by atoms with E-state index >= 15 is 0 Å². The lowest BCUT2D eigenvalue weighted by Gasteiger charge is -2.11. The molecule has 0 bridgehead atoms. The molecule has 0 saturated heterocycles. The number of nitrogens with zero attached hydrogens (tertiary/aromatic N) is 1. The molecule has 0 amide bonds. The summed E-state index contributed by atoms with van der Waals surface area (Å²) in [6.45, 7) is 2.51. The van der Waals surface area contributed by atoms with Crippen molar-refractivity contribution in [2.75, 3.05) is 20.7 Å². The van der Waals surface area contributed by atoms with E-state index in [2.05, 4.69) is 10.3 Å². The average Bonchev–Trinajstić information content (AvgIpc) is 2.28. The molecule has 0 aliphatic rings. The van der Waals surface area contributed by atoms with Crippen LogP contribution < -0.4 is 10.1 Å². The number of Topliss-reactive ketones (excluding diaryl/α,β-unsaturated/α-hetero) is 1. The number of carbonyl (C=O) groups excluding carboxylic acids is 1. The Morgan fingerprint density at radius 2 is 2.40 bits per heavy atom. The van der Waals surface area contributed by atoms with Crippen molar-refractivity contribution in [2.24, 2.45) is 5.92 Å². The van der Waals surface area contributed by atoms with Gasteiger partial charge in [0.15, 0.2) is 5.78 Å². The van der Waals surface area contributed by atoms with Crippen molar-refractivity contribution in [3.05, 3.63) is 24.0 Å². The fourth-order valence-corrected chi connectivity index (χ4v) is 1.37. The molecule has 15 heavy (non-hydrogen) atoms. The maximum Gasteiger partial charge on any atom is 0.189 e. The van der Waals surface area contributed by atoms with Gasteiger partial charge in [-0.25, -0.2) is 4.98 Å². The van der Waals surface area contributed by atoms with Crippen molar-refractivity contribution < 1.29 is 9.53 Å². The van der Waals surface area contributed by atoms with E-state index < -0.39 is 0 Å². The van der Waals surface area contributed by atoms with Crippen molar-refractivity contribution in [1.82, 2.24) is 10.3 Å². The molecule has 0 spiro atoms. The minimum atomic E-state index is -0.0983. The van der Waals surface area contributed by atoms with Gasteiger partial charge in [0.05, 0.1) is 7.11 Å². The third-order valence-corrected chi connectivity index (χ3v) is 2.18. The van der Waals surface area contributed by atoms with Crippen LogP contribution in [0.1, 0.15) is 17.4 Å². The Bertz CT molecular complexity index is 339. The first kappa shape index (κ1) is 11.7. The molecule has 4 nitrogen and oxygen atoms in total. The van der Waals surface area contributed by atoms with E-state index in [0.29, 0.717) is 18.0 Å². The number of ketones is 1. The number of carbonyl (C=O) groups is 1. The van der Waals surface area contributed by atoms with Crippen molar-refractivity contribution in [3.8, 4) is 5.75 Å². The molecule has 1 aromatic heterocycles. The van der Waals surface area contributed by atoms with Crippen LogP contribution in [0.25, 0.3) is 0 Å². The molecule has 0 radical (unpaired) electrons. The highest BCUT2D eigenvalue weighted by molar-refractivity contribution is 5.98. The number of methoxy groups -OCH3 is 1. The van der Waals surface area contributed by atoms with E-state index in [1.54, 1.807) is 18.3 Å². The zero-order valence-electron chi connectivity index (χ0n) is 9.28. The molecule has 0 aliphatic carbocycles. The highest BCUT2D eigenvalue weighted by Crippen LogP contribution is 2.18. The minimum Gasteiger partial charge on any atom is -0.494 e. The third-order valence-electron chi connectivity index (χ3n) is 2.18. The molecule has 1 unspecified atom stereocenters. The summed E-state index contributed by atoms with van der Waals surface area (Å²) in [5.74, 6) is 0.436.